The van der Waals surface area contributed by atoms with Gasteiger partial charge in [-0.1, -0.05) is 6.92 Å². The second-order valence-corrected chi connectivity index (χ2v) is 6.53. The Morgan fingerprint density at radius 3 is 2.92 bits per heavy atom. The summed E-state index contributed by atoms with van der Waals surface area (Å²) in [5.41, 5.74) is 0. The number of rotatable bonds is 7. The summed E-state index contributed by atoms with van der Waals surface area (Å²) < 4.78 is 7.85. The van der Waals surface area contributed by atoms with E-state index < -0.39 is 0 Å². The molecule has 1 atom stereocenters. The molecule has 25 heavy (non-hydrogen) atoms. The maximum atomic E-state index is 12.2. The van der Waals surface area contributed by atoms with E-state index in [1.54, 1.807) is 13.1 Å². The fourth-order valence-corrected chi connectivity index (χ4v) is 3.42. The molecule has 1 aliphatic rings. The quantitative estimate of drug-likeness (QED) is 0.768. The largest absolute Gasteiger partial charge is 0.444 e. The average molecular weight is 345 g/mol. The molecule has 7 heteroatoms. The van der Waals surface area contributed by atoms with Gasteiger partial charge in [0.2, 0.25) is 11.8 Å². The van der Waals surface area contributed by atoms with E-state index in [0.29, 0.717) is 12.4 Å². The maximum absolute atomic E-state index is 12.2. The Morgan fingerprint density at radius 2 is 2.24 bits per heavy atom. The summed E-state index contributed by atoms with van der Waals surface area (Å²) in [6, 6.07) is 0.194. The Morgan fingerprint density at radius 1 is 1.40 bits per heavy atom. The van der Waals surface area contributed by atoms with Crippen LogP contribution >= 0.6 is 0 Å². The van der Waals surface area contributed by atoms with E-state index in [2.05, 4.69) is 26.4 Å². The van der Waals surface area contributed by atoms with Gasteiger partial charge >= 0.3 is 0 Å². The molecule has 0 spiro atoms. The predicted octanol–water partition coefficient (Wildman–Crippen LogP) is 2.08. The molecule has 0 aliphatic carbocycles. The van der Waals surface area contributed by atoms with Crippen LogP contribution in [-0.4, -0.2) is 49.4 Å². The van der Waals surface area contributed by atoms with Gasteiger partial charge in [0, 0.05) is 51.4 Å². The second kappa shape index (κ2) is 7.82. The number of carbonyl (C=O) groups excluding carboxylic acids is 1. The SMILES string of the molecule is CCc1cnc(CN(C(C)=O)[C@H]2CCN(Cc3nccn3CC)C2)o1. The molecule has 3 heterocycles. The zero-order valence-corrected chi connectivity index (χ0v) is 15.3. The van der Waals surface area contributed by atoms with Crippen molar-refractivity contribution < 1.29 is 9.21 Å². The lowest BCUT2D eigenvalue weighted by atomic mass is 10.2. The minimum atomic E-state index is 0.0677. The van der Waals surface area contributed by atoms with Crippen LogP contribution in [0, 0.1) is 0 Å². The molecule has 0 bridgehead atoms. The fourth-order valence-electron chi connectivity index (χ4n) is 3.42. The number of imidazole rings is 1. The molecule has 1 aliphatic heterocycles. The van der Waals surface area contributed by atoms with Crippen LogP contribution in [0.5, 0.6) is 0 Å². The summed E-state index contributed by atoms with van der Waals surface area (Å²) in [4.78, 5) is 25.2. The molecule has 0 unspecified atom stereocenters. The van der Waals surface area contributed by atoms with Crippen LogP contribution in [0.2, 0.25) is 0 Å². The minimum Gasteiger partial charge on any atom is -0.444 e. The zero-order valence-electron chi connectivity index (χ0n) is 15.3. The third-order valence-corrected chi connectivity index (χ3v) is 4.86. The molecule has 136 valence electrons. The summed E-state index contributed by atoms with van der Waals surface area (Å²) in [7, 11) is 0. The van der Waals surface area contributed by atoms with Gasteiger partial charge in [0.05, 0.1) is 19.3 Å². The van der Waals surface area contributed by atoms with Crippen LogP contribution in [0.1, 0.15) is 44.7 Å². The van der Waals surface area contributed by atoms with E-state index in [1.165, 1.54) is 0 Å². The molecule has 0 radical (unpaired) electrons. The van der Waals surface area contributed by atoms with E-state index >= 15 is 0 Å². The first-order chi connectivity index (χ1) is 12.1. The Balaban J connectivity index is 1.62. The van der Waals surface area contributed by atoms with Crippen LogP contribution < -0.4 is 0 Å². The van der Waals surface area contributed by atoms with Crippen molar-refractivity contribution in [2.45, 2.75) is 59.3 Å². The Bertz CT molecular complexity index is 708. The van der Waals surface area contributed by atoms with Gasteiger partial charge in [-0.25, -0.2) is 9.97 Å². The molecule has 0 aromatic carbocycles. The van der Waals surface area contributed by atoms with E-state index in [0.717, 1.165) is 50.6 Å². The van der Waals surface area contributed by atoms with Crippen molar-refractivity contribution in [3.63, 3.8) is 0 Å². The molecule has 0 N–H and O–H groups in total. The number of nitrogens with zero attached hydrogens (tertiary/aromatic N) is 5. The second-order valence-electron chi connectivity index (χ2n) is 6.53. The summed E-state index contributed by atoms with van der Waals surface area (Å²) in [6.07, 6.45) is 7.39. The van der Waals surface area contributed by atoms with Crippen molar-refractivity contribution in [3.05, 3.63) is 36.1 Å². The van der Waals surface area contributed by atoms with Crippen LogP contribution in [0.3, 0.4) is 0 Å². The topological polar surface area (TPSA) is 67.4 Å². The highest BCUT2D eigenvalue weighted by Crippen LogP contribution is 2.20. The maximum Gasteiger partial charge on any atom is 0.220 e. The van der Waals surface area contributed by atoms with Crippen LogP contribution in [0.15, 0.2) is 23.0 Å². The lowest BCUT2D eigenvalue weighted by molar-refractivity contribution is -0.132. The molecule has 0 saturated carbocycles. The highest BCUT2D eigenvalue weighted by atomic mass is 16.4. The zero-order chi connectivity index (χ0) is 17.8. The van der Waals surface area contributed by atoms with Crippen molar-refractivity contribution >= 4 is 5.91 Å². The third-order valence-electron chi connectivity index (χ3n) is 4.86. The first-order valence-corrected chi connectivity index (χ1v) is 9.03. The fraction of sp³-hybridized carbons (Fsp3) is 0.611. The van der Waals surface area contributed by atoms with E-state index in [4.69, 9.17) is 4.42 Å². The van der Waals surface area contributed by atoms with Gasteiger partial charge in [-0.3, -0.25) is 9.69 Å². The molecule has 2 aromatic rings. The molecular weight excluding hydrogens is 318 g/mol. The Kier molecular flexibility index (Phi) is 5.53. The summed E-state index contributed by atoms with van der Waals surface area (Å²) >= 11 is 0. The number of aromatic nitrogens is 3. The van der Waals surface area contributed by atoms with Gasteiger partial charge in [-0.15, -0.1) is 0 Å². The molecule has 7 nitrogen and oxygen atoms in total. The van der Waals surface area contributed by atoms with E-state index in [-0.39, 0.29) is 11.9 Å². The number of amides is 1. The lowest BCUT2D eigenvalue weighted by Crippen LogP contribution is -2.40. The van der Waals surface area contributed by atoms with Crippen LogP contribution in [-0.2, 0) is 30.8 Å². The minimum absolute atomic E-state index is 0.0677. The van der Waals surface area contributed by atoms with Crippen LogP contribution in [0.4, 0.5) is 0 Å². The van der Waals surface area contributed by atoms with Gasteiger partial charge < -0.3 is 13.9 Å². The lowest BCUT2D eigenvalue weighted by Gasteiger charge is -2.27. The smallest absolute Gasteiger partial charge is 0.220 e. The first-order valence-electron chi connectivity index (χ1n) is 9.03. The van der Waals surface area contributed by atoms with Crippen molar-refractivity contribution in [1.29, 1.82) is 0 Å². The normalized spacial score (nSPS) is 18.0. The van der Waals surface area contributed by atoms with Gasteiger partial charge in [0.15, 0.2) is 0 Å². The highest BCUT2D eigenvalue weighted by molar-refractivity contribution is 5.73. The molecular formula is C18H27N5O2. The predicted molar refractivity (Wildman–Crippen MR) is 93.7 cm³/mol. The number of likely N-dealkylation sites (tertiary alicyclic amines) is 1. The number of aryl methyl sites for hydroxylation is 2. The summed E-state index contributed by atoms with van der Waals surface area (Å²) in [5, 5.41) is 0. The Hall–Kier alpha value is -2.15. The molecule has 1 saturated heterocycles. The van der Waals surface area contributed by atoms with Crippen molar-refractivity contribution in [3.8, 4) is 0 Å². The number of carbonyl (C=O) groups is 1. The van der Waals surface area contributed by atoms with Crippen LogP contribution in [0.25, 0.3) is 0 Å². The standard InChI is InChI=1S/C18H27N5O2/c1-4-16-10-20-18(25-16)13-23(14(3)24)15-6-8-21(11-15)12-17-19-7-9-22(17)5-2/h7,9-10,15H,4-6,8,11-13H2,1-3H3/t15-/m0/s1. The van der Waals surface area contributed by atoms with Crippen molar-refractivity contribution in [2.24, 2.45) is 0 Å². The monoisotopic (exact) mass is 345 g/mol. The number of hydrogen-bond donors (Lipinski definition) is 0. The van der Waals surface area contributed by atoms with Gasteiger partial charge in [-0.2, -0.15) is 0 Å². The summed E-state index contributed by atoms with van der Waals surface area (Å²) in [5.74, 6) is 2.63. The molecule has 3 rings (SSSR count). The van der Waals surface area contributed by atoms with E-state index in [1.807, 2.05) is 24.2 Å². The van der Waals surface area contributed by atoms with Gasteiger partial charge in [-0.05, 0) is 13.3 Å². The summed E-state index contributed by atoms with van der Waals surface area (Å²) in [6.45, 7) is 9.79. The van der Waals surface area contributed by atoms with Crippen molar-refractivity contribution in [1.82, 2.24) is 24.3 Å². The van der Waals surface area contributed by atoms with Gasteiger partial charge in [0.1, 0.15) is 11.6 Å². The number of hydrogen-bond acceptors (Lipinski definition) is 5. The van der Waals surface area contributed by atoms with E-state index in [9.17, 15) is 4.79 Å². The van der Waals surface area contributed by atoms with Gasteiger partial charge in [0.25, 0.3) is 0 Å². The third kappa shape index (κ3) is 4.10. The van der Waals surface area contributed by atoms with Crippen molar-refractivity contribution in [2.75, 3.05) is 13.1 Å². The number of oxazole rings is 1. The molecule has 1 fully saturated rings. The molecule has 1 amide bonds. The first kappa shape index (κ1) is 17.7. The molecule has 2 aromatic heterocycles. The average Bonchev–Trinajstić information content (AvgIpc) is 3.33. The highest BCUT2D eigenvalue weighted by Gasteiger charge is 2.30. The Labute approximate surface area is 148 Å².